The minimum atomic E-state index is 0.232. The first kappa shape index (κ1) is 7.98. The number of benzene rings is 1. The molecule has 3 nitrogen and oxygen atoms in total. The van der Waals surface area contributed by atoms with Gasteiger partial charge < -0.3 is 15.8 Å². The predicted molar refractivity (Wildman–Crippen MR) is 53.8 cm³/mol. The molecule has 0 spiro atoms. The van der Waals surface area contributed by atoms with Gasteiger partial charge in [0.2, 0.25) is 0 Å². The lowest BCUT2D eigenvalue weighted by atomic mass is 10.1. The van der Waals surface area contributed by atoms with Gasteiger partial charge in [0.05, 0.1) is 5.52 Å². The van der Waals surface area contributed by atoms with E-state index in [2.05, 4.69) is 4.98 Å². The molecule has 0 atom stereocenters. The predicted octanol–water partition coefficient (Wildman–Crippen LogP) is 2.02. The Labute approximate surface area is 76.2 Å². The van der Waals surface area contributed by atoms with Crippen molar-refractivity contribution in [1.29, 1.82) is 0 Å². The first-order valence-electron chi connectivity index (χ1n) is 4.32. The molecular formula is C10H12N2O. The molecule has 0 aliphatic rings. The summed E-state index contributed by atoms with van der Waals surface area (Å²) >= 11 is 0. The number of nitrogens with one attached hydrogen (secondary N) is 1. The lowest BCUT2D eigenvalue weighted by Crippen LogP contribution is -1.87. The first-order valence-corrected chi connectivity index (χ1v) is 4.32. The van der Waals surface area contributed by atoms with E-state index in [-0.39, 0.29) is 5.88 Å². The highest BCUT2D eigenvalue weighted by atomic mass is 16.3. The van der Waals surface area contributed by atoms with Gasteiger partial charge in [0.15, 0.2) is 5.88 Å². The van der Waals surface area contributed by atoms with Crippen LogP contribution in [0.3, 0.4) is 0 Å². The Bertz CT molecular complexity index is 445. The van der Waals surface area contributed by atoms with Crippen molar-refractivity contribution in [2.24, 2.45) is 0 Å². The molecule has 3 heteroatoms. The van der Waals surface area contributed by atoms with Crippen LogP contribution in [0.4, 0.5) is 5.69 Å². The first-order chi connectivity index (χ1) is 6.24. The summed E-state index contributed by atoms with van der Waals surface area (Å²) in [6.07, 6.45) is 0.778. The van der Waals surface area contributed by atoms with Crippen LogP contribution < -0.4 is 5.73 Å². The molecule has 0 unspecified atom stereocenters. The number of aromatic hydroxyl groups is 1. The molecule has 1 aromatic heterocycles. The van der Waals surface area contributed by atoms with Crippen LogP contribution in [-0.4, -0.2) is 10.1 Å². The third-order valence-corrected chi connectivity index (χ3v) is 2.29. The number of nitrogen functional groups attached to an aromatic ring is 1. The Hall–Kier alpha value is -1.64. The average molecular weight is 176 g/mol. The summed E-state index contributed by atoms with van der Waals surface area (Å²) in [5, 5.41) is 10.5. The molecule has 4 N–H and O–H groups in total. The van der Waals surface area contributed by atoms with Crippen molar-refractivity contribution in [3.05, 3.63) is 23.8 Å². The molecule has 0 radical (unpaired) electrons. The van der Waals surface area contributed by atoms with Crippen molar-refractivity contribution in [1.82, 2.24) is 4.98 Å². The van der Waals surface area contributed by atoms with Gasteiger partial charge in [0.25, 0.3) is 0 Å². The Morgan fingerprint density at radius 3 is 2.92 bits per heavy atom. The number of rotatable bonds is 1. The standard InChI is InChI=1S/C10H12N2O/c1-2-6-9-7(11)4-3-5-8(9)12-10(6)13/h3-5,12-13H,2,11H2,1H3. The Morgan fingerprint density at radius 1 is 1.46 bits per heavy atom. The normalized spacial score (nSPS) is 10.8. The van der Waals surface area contributed by atoms with Crippen molar-refractivity contribution in [3.8, 4) is 5.88 Å². The summed E-state index contributed by atoms with van der Waals surface area (Å²) in [6, 6.07) is 5.62. The number of aromatic amines is 1. The van der Waals surface area contributed by atoms with E-state index >= 15 is 0 Å². The lowest BCUT2D eigenvalue weighted by Gasteiger charge is -1.97. The van der Waals surface area contributed by atoms with E-state index in [9.17, 15) is 5.11 Å². The van der Waals surface area contributed by atoms with Gasteiger partial charge in [-0.3, -0.25) is 0 Å². The van der Waals surface area contributed by atoms with Crippen LogP contribution in [0.2, 0.25) is 0 Å². The third-order valence-electron chi connectivity index (χ3n) is 2.29. The van der Waals surface area contributed by atoms with Crippen molar-refractivity contribution >= 4 is 16.6 Å². The second kappa shape index (κ2) is 2.69. The molecule has 0 aliphatic carbocycles. The largest absolute Gasteiger partial charge is 0.494 e. The van der Waals surface area contributed by atoms with Crippen molar-refractivity contribution in [2.75, 3.05) is 5.73 Å². The smallest absolute Gasteiger partial charge is 0.192 e. The van der Waals surface area contributed by atoms with Crippen LogP contribution in [0.1, 0.15) is 12.5 Å². The molecule has 68 valence electrons. The fraction of sp³-hybridized carbons (Fsp3) is 0.200. The van der Waals surface area contributed by atoms with Crippen LogP contribution in [0.15, 0.2) is 18.2 Å². The van der Waals surface area contributed by atoms with E-state index in [1.807, 2.05) is 25.1 Å². The third kappa shape index (κ3) is 1.04. The Morgan fingerprint density at radius 2 is 2.23 bits per heavy atom. The molecule has 2 aromatic rings. The van der Waals surface area contributed by atoms with Crippen molar-refractivity contribution in [3.63, 3.8) is 0 Å². The molecule has 0 aliphatic heterocycles. The number of hydrogen-bond acceptors (Lipinski definition) is 2. The van der Waals surface area contributed by atoms with Gasteiger partial charge in [-0.2, -0.15) is 0 Å². The lowest BCUT2D eigenvalue weighted by molar-refractivity contribution is 0.452. The second-order valence-electron chi connectivity index (χ2n) is 3.08. The Balaban J connectivity index is 2.88. The number of fused-ring (bicyclic) bond motifs is 1. The van der Waals surface area contributed by atoms with E-state index in [4.69, 9.17) is 5.73 Å². The summed E-state index contributed by atoms with van der Waals surface area (Å²) in [5.41, 5.74) is 8.32. The number of aromatic nitrogens is 1. The number of anilines is 1. The zero-order chi connectivity index (χ0) is 9.42. The van der Waals surface area contributed by atoms with Crippen LogP contribution in [-0.2, 0) is 6.42 Å². The van der Waals surface area contributed by atoms with Crippen LogP contribution in [0.25, 0.3) is 10.9 Å². The summed E-state index contributed by atoms with van der Waals surface area (Å²) in [7, 11) is 0. The fourth-order valence-corrected chi connectivity index (χ4v) is 1.68. The van der Waals surface area contributed by atoms with E-state index in [1.54, 1.807) is 0 Å². The molecule has 2 rings (SSSR count). The second-order valence-corrected chi connectivity index (χ2v) is 3.08. The quantitative estimate of drug-likeness (QED) is 0.582. The van der Waals surface area contributed by atoms with E-state index < -0.39 is 0 Å². The van der Waals surface area contributed by atoms with Gasteiger partial charge in [-0.05, 0) is 18.6 Å². The van der Waals surface area contributed by atoms with Gasteiger partial charge >= 0.3 is 0 Å². The highest BCUT2D eigenvalue weighted by molar-refractivity contribution is 5.95. The highest BCUT2D eigenvalue weighted by Gasteiger charge is 2.10. The molecule has 0 bridgehead atoms. The van der Waals surface area contributed by atoms with Crippen molar-refractivity contribution in [2.45, 2.75) is 13.3 Å². The molecular weight excluding hydrogens is 164 g/mol. The fourth-order valence-electron chi connectivity index (χ4n) is 1.68. The van der Waals surface area contributed by atoms with Gasteiger partial charge in [-0.1, -0.05) is 13.0 Å². The average Bonchev–Trinajstić information content (AvgIpc) is 2.42. The van der Waals surface area contributed by atoms with Gasteiger partial charge in [0.1, 0.15) is 0 Å². The van der Waals surface area contributed by atoms with E-state index in [1.165, 1.54) is 0 Å². The van der Waals surface area contributed by atoms with Gasteiger partial charge in [0, 0.05) is 16.6 Å². The minimum Gasteiger partial charge on any atom is -0.494 e. The Kier molecular flexibility index (Phi) is 1.65. The molecule has 0 fully saturated rings. The van der Waals surface area contributed by atoms with Crippen LogP contribution in [0.5, 0.6) is 5.88 Å². The molecule has 1 aromatic carbocycles. The highest BCUT2D eigenvalue weighted by Crippen LogP contribution is 2.31. The van der Waals surface area contributed by atoms with Crippen LogP contribution in [0, 0.1) is 0 Å². The number of nitrogens with two attached hydrogens (primary N) is 1. The summed E-state index contributed by atoms with van der Waals surface area (Å²) in [6.45, 7) is 1.99. The molecule has 13 heavy (non-hydrogen) atoms. The maximum absolute atomic E-state index is 9.55. The minimum absolute atomic E-state index is 0.232. The maximum atomic E-state index is 9.55. The van der Waals surface area contributed by atoms with Crippen LogP contribution >= 0.6 is 0 Å². The van der Waals surface area contributed by atoms with Crippen molar-refractivity contribution < 1.29 is 5.11 Å². The molecule has 0 saturated carbocycles. The SMILES string of the molecule is CCc1c(O)[nH]c2cccc(N)c12. The summed E-state index contributed by atoms with van der Waals surface area (Å²) in [5.74, 6) is 0.232. The van der Waals surface area contributed by atoms with E-state index in [0.717, 1.165) is 22.9 Å². The number of H-pyrrole nitrogens is 1. The zero-order valence-corrected chi connectivity index (χ0v) is 7.46. The monoisotopic (exact) mass is 176 g/mol. The van der Waals surface area contributed by atoms with Gasteiger partial charge in [-0.25, -0.2) is 0 Å². The van der Waals surface area contributed by atoms with E-state index in [0.29, 0.717) is 5.69 Å². The molecule has 0 saturated heterocycles. The summed E-state index contributed by atoms with van der Waals surface area (Å²) in [4.78, 5) is 2.89. The molecule has 0 amide bonds. The topological polar surface area (TPSA) is 62.0 Å². The number of aryl methyl sites for hydroxylation is 1. The summed E-state index contributed by atoms with van der Waals surface area (Å²) < 4.78 is 0. The molecule has 1 heterocycles. The number of hydrogen-bond donors (Lipinski definition) is 3. The van der Waals surface area contributed by atoms with Gasteiger partial charge in [-0.15, -0.1) is 0 Å². The zero-order valence-electron chi connectivity index (χ0n) is 7.46. The maximum Gasteiger partial charge on any atom is 0.192 e.